The standard InChI is InChI=1S/C19H29NO2/c1-13(2)12-22-16-9-7-14-6-8-15(11-19(3,4)5)20-18(21)17(14)10-16/h7,9-10,13,15H,6,8,11-12H2,1-5H3,(H,20,21). The first kappa shape index (κ1) is 16.9. The van der Waals surface area contributed by atoms with E-state index in [0.29, 0.717) is 12.5 Å². The fourth-order valence-electron chi connectivity index (χ4n) is 2.89. The van der Waals surface area contributed by atoms with Gasteiger partial charge in [0.25, 0.3) is 5.91 Å². The number of benzene rings is 1. The van der Waals surface area contributed by atoms with E-state index >= 15 is 0 Å². The third-order valence-electron chi connectivity index (χ3n) is 3.87. The molecular formula is C19H29NO2. The zero-order chi connectivity index (χ0) is 16.3. The Kier molecular flexibility index (Phi) is 5.15. The lowest BCUT2D eigenvalue weighted by atomic mass is 9.86. The largest absolute Gasteiger partial charge is 0.493 e. The predicted octanol–water partition coefficient (Wildman–Crippen LogP) is 4.20. The van der Waals surface area contributed by atoms with Crippen molar-refractivity contribution in [3.63, 3.8) is 0 Å². The number of amides is 1. The average molecular weight is 303 g/mol. The Bertz CT molecular complexity index is 529. The maximum atomic E-state index is 12.5. The van der Waals surface area contributed by atoms with Crippen LogP contribution in [0.1, 0.15) is 63.4 Å². The summed E-state index contributed by atoms with van der Waals surface area (Å²) >= 11 is 0. The van der Waals surface area contributed by atoms with E-state index in [4.69, 9.17) is 4.74 Å². The summed E-state index contributed by atoms with van der Waals surface area (Å²) in [6.45, 7) is 11.6. The number of hydrogen-bond acceptors (Lipinski definition) is 2. The van der Waals surface area contributed by atoms with Crippen molar-refractivity contribution in [2.75, 3.05) is 6.61 Å². The maximum Gasteiger partial charge on any atom is 0.251 e. The van der Waals surface area contributed by atoms with Crippen LogP contribution >= 0.6 is 0 Å². The van der Waals surface area contributed by atoms with E-state index in [1.807, 2.05) is 18.2 Å². The molecule has 1 heterocycles. The highest BCUT2D eigenvalue weighted by Gasteiger charge is 2.25. The molecule has 0 saturated carbocycles. The molecule has 1 amide bonds. The highest BCUT2D eigenvalue weighted by Crippen LogP contribution is 2.27. The molecule has 1 N–H and O–H groups in total. The molecule has 3 nitrogen and oxygen atoms in total. The first-order valence-electron chi connectivity index (χ1n) is 8.31. The van der Waals surface area contributed by atoms with Gasteiger partial charge in [-0.1, -0.05) is 40.7 Å². The van der Waals surface area contributed by atoms with Crippen molar-refractivity contribution in [2.24, 2.45) is 11.3 Å². The van der Waals surface area contributed by atoms with Gasteiger partial charge in [0.1, 0.15) is 5.75 Å². The smallest absolute Gasteiger partial charge is 0.251 e. The molecule has 1 atom stereocenters. The molecular weight excluding hydrogens is 274 g/mol. The van der Waals surface area contributed by atoms with Crippen molar-refractivity contribution in [2.45, 2.75) is 59.9 Å². The molecule has 0 saturated heterocycles. The van der Waals surface area contributed by atoms with E-state index in [0.717, 1.165) is 36.1 Å². The van der Waals surface area contributed by atoms with Crippen LogP contribution in [0.15, 0.2) is 18.2 Å². The van der Waals surface area contributed by atoms with E-state index < -0.39 is 0 Å². The van der Waals surface area contributed by atoms with E-state index in [9.17, 15) is 4.79 Å². The van der Waals surface area contributed by atoms with Crippen LogP contribution in [0.5, 0.6) is 5.75 Å². The summed E-state index contributed by atoms with van der Waals surface area (Å²) in [4.78, 5) is 12.5. The lowest BCUT2D eigenvalue weighted by molar-refractivity contribution is 0.0929. The summed E-state index contributed by atoms with van der Waals surface area (Å²) in [6.07, 6.45) is 2.95. The van der Waals surface area contributed by atoms with Crippen molar-refractivity contribution in [1.29, 1.82) is 0 Å². The number of carbonyl (C=O) groups is 1. The molecule has 2 rings (SSSR count). The second-order valence-electron chi connectivity index (χ2n) is 8.00. The van der Waals surface area contributed by atoms with Gasteiger partial charge in [0.2, 0.25) is 0 Å². The Labute approximate surface area is 134 Å². The predicted molar refractivity (Wildman–Crippen MR) is 90.4 cm³/mol. The van der Waals surface area contributed by atoms with Crippen molar-refractivity contribution in [1.82, 2.24) is 5.32 Å². The number of nitrogens with one attached hydrogen (secondary N) is 1. The van der Waals surface area contributed by atoms with Crippen LogP contribution in [0.2, 0.25) is 0 Å². The van der Waals surface area contributed by atoms with Crippen LogP contribution in [0.25, 0.3) is 0 Å². The van der Waals surface area contributed by atoms with Crippen LogP contribution in [0, 0.1) is 11.3 Å². The van der Waals surface area contributed by atoms with Gasteiger partial charge in [-0.3, -0.25) is 4.79 Å². The Morgan fingerprint density at radius 3 is 2.68 bits per heavy atom. The fraction of sp³-hybridized carbons (Fsp3) is 0.632. The van der Waals surface area contributed by atoms with Gasteiger partial charge in [0, 0.05) is 11.6 Å². The third-order valence-corrected chi connectivity index (χ3v) is 3.87. The van der Waals surface area contributed by atoms with Gasteiger partial charge in [0.05, 0.1) is 6.61 Å². The zero-order valence-corrected chi connectivity index (χ0v) is 14.5. The molecule has 0 bridgehead atoms. The lowest BCUT2D eigenvalue weighted by Gasteiger charge is -2.25. The Hall–Kier alpha value is -1.51. The molecule has 0 aliphatic carbocycles. The second-order valence-corrected chi connectivity index (χ2v) is 8.00. The molecule has 0 aromatic heterocycles. The molecule has 122 valence electrons. The minimum Gasteiger partial charge on any atom is -0.493 e. The van der Waals surface area contributed by atoms with Crippen LogP contribution < -0.4 is 10.1 Å². The molecule has 0 spiro atoms. The van der Waals surface area contributed by atoms with E-state index in [1.54, 1.807) is 0 Å². The number of fused-ring (bicyclic) bond motifs is 1. The SMILES string of the molecule is CC(C)COc1ccc2c(c1)C(=O)NC(CC(C)(C)C)CC2. The molecule has 1 aromatic rings. The summed E-state index contributed by atoms with van der Waals surface area (Å²) in [7, 11) is 0. The summed E-state index contributed by atoms with van der Waals surface area (Å²) in [5.41, 5.74) is 2.13. The van der Waals surface area contributed by atoms with Crippen molar-refractivity contribution < 1.29 is 9.53 Å². The van der Waals surface area contributed by atoms with Crippen LogP contribution in [0.4, 0.5) is 0 Å². The normalized spacial score (nSPS) is 18.6. The monoisotopic (exact) mass is 303 g/mol. The molecule has 3 heteroatoms. The number of hydrogen-bond donors (Lipinski definition) is 1. The third kappa shape index (κ3) is 4.75. The van der Waals surface area contributed by atoms with Gasteiger partial charge < -0.3 is 10.1 Å². The maximum absolute atomic E-state index is 12.5. The quantitative estimate of drug-likeness (QED) is 0.905. The van der Waals surface area contributed by atoms with Crippen molar-refractivity contribution >= 4 is 5.91 Å². The molecule has 0 radical (unpaired) electrons. The molecule has 22 heavy (non-hydrogen) atoms. The zero-order valence-electron chi connectivity index (χ0n) is 14.5. The lowest BCUT2D eigenvalue weighted by Crippen LogP contribution is -2.36. The number of rotatable bonds is 4. The Balaban J connectivity index is 2.12. The highest BCUT2D eigenvalue weighted by atomic mass is 16.5. The average Bonchev–Trinajstić information content (AvgIpc) is 2.54. The van der Waals surface area contributed by atoms with Gasteiger partial charge in [-0.05, 0) is 48.3 Å². The molecule has 1 unspecified atom stereocenters. The first-order valence-corrected chi connectivity index (χ1v) is 8.31. The number of ether oxygens (including phenoxy) is 1. The van der Waals surface area contributed by atoms with Crippen LogP contribution in [0.3, 0.4) is 0 Å². The Morgan fingerprint density at radius 1 is 1.32 bits per heavy atom. The number of aryl methyl sites for hydroxylation is 1. The van der Waals surface area contributed by atoms with Crippen molar-refractivity contribution in [3.05, 3.63) is 29.3 Å². The second kappa shape index (κ2) is 6.72. The molecule has 1 aliphatic rings. The minimum absolute atomic E-state index is 0.0387. The summed E-state index contributed by atoms with van der Waals surface area (Å²) in [5, 5.41) is 3.19. The highest BCUT2D eigenvalue weighted by molar-refractivity contribution is 5.96. The minimum atomic E-state index is 0.0387. The summed E-state index contributed by atoms with van der Waals surface area (Å²) in [5.74, 6) is 1.30. The topological polar surface area (TPSA) is 38.3 Å². The van der Waals surface area contributed by atoms with Crippen LogP contribution in [-0.4, -0.2) is 18.6 Å². The molecule has 1 aliphatic heterocycles. The summed E-state index contributed by atoms with van der Waals surface area (Å²) in [6, 6.07) is 6.18. The van der Waals surface area contributed by atoms with Gasteiger partial charge in [-0.15, -0.1) is 0 Å². The Morgan fingerprint density at radius 2 is 2.05 bits per heavy atom. The summed E-state index contributed by atoms with van der Waals surface area (Å²) < 4.78 is 5.75. The van der Waals surface area contributed by atoms with E-state index in [-0.39, 0.29) is 17.4 Å². The van der Waals surface area contributed by atoms with E-state index in [1.165, 1.54) is 0 Å². The van der Waals surface area contributed by atoms with Gasteiger partial charge in [0.15, 0.2) is 0 Å². The molecule has 1 aromatic carbocycles. The van der Waals surface area contributed by atoms with Gasteiger partial charge >= 0.3 is 0 Å². The van der Waals surface area contributed by atoms with Gasteiger partial charge in [-0.25, -0.2) is 0 Å². The van der Waals surface area contributed by atoms with Crippen LogP contribution in [-0.2, 0) is 6.42 Å². The van der Waals surface area contributed by atoms with Crippen molar-refractivity contribution in [3.8, 4) is 5.75 Å². The first-order chi connectivity index (χ1) is 10.2. The van der Waals surface area contributed by atoms with E-state index in [2.05, 4.69) is 39.9 Å². The number of carbonyl (C=O) groups excluding carboxylic acids is 1. The fourth-order valence-corrected chi connectivity index (χ4v) is 2.89. The molecule has 0 fully saturated rings. The van der Waals surface area contributed by atoms with Gasteiger partial charge in [-0.2, -0.15) is 0 Å².